The summed E-state index contributed by atoms with van der Waals surface area (Å²) in [6.07, 6.45) is 6.71. The average molecular weight is 500 g/mol. The van der Waals surface area contributed by atoms with Crippen LogP contribution in [0.15, 0.2) is 60.8 Å². The SMILES string of the molecule is CC(C)c1cccc2c1CCNC2.CCCN(CCC)Cc1cc(-c2ccccc2C(C)CC)ccn1. The second-order valence-corrected chi connectivity index (χ2v) is 10.8. The smallest absolute Gasteiger partial charge is 0.0550 e. The minimum atomic E-state index is 0.578. The van der Waals surface area contributed by atoms with E-state index in [-0.39, 0.29) is 0 Å². The van der Waals surface area contributed by atoms with E-state index < -0.39 is 0 Å². The van der Waals surface area contributed by atoms with Gasteiger partial charge in [-0.1, -0.05) is 84.0 Å². The van der Waals surface area contributed by atoms with E-state index in [1.165, 1.54) is 47.2 Å². The van der Waals surface area contributed by atoms with E-state index in [9.17, 15) is 0 Å². The molecule has 0 amide bonds. The molecule has 2 aromatic carbocycles. The van der Waals surface area contributed by atoms with Crippen molar-refractivity contribution in [3.05, 3.63) is 88.7 Å². The molecule has 1 aliphatic heterocycles. The summed E-state index contributed by atoms with van der Waals surface area (Å²) in [5.74, 6) is 1.24. The molecule has 0 radical (unpaired) electrons. The Hall–Kier alpha value is -2.49. The molecule has 0 bridgehead atoms. The molecule has 1 atom stereocenters. The molecule has 37 heavy (non-hydrogen) atoms. The minimum Gasteiger partial charge on any atom is -0.312 e. The van der Waals surface area contributed by atoms with Gasteiger partial charge < -0.3 is 5.32 Å². The number of nitrogens with zero attached hydrogens (tertiary/aromatic N) is 2. The zero-order valence-electron chi connectivity index (χ0n) is 24.2. The van der Waals surface area contributed by atoms with E-state index in [4.69, 9.17) is 0 Å². The van der Waals surface area contributed by atoms with Crippen LogP contribution >= 0.6 is 0 Å². The van der Waals surface area contributed by atoms with Gasteiger partial charge in [-0.25, -0.2) is 0 Å². The van der Waals surface area contributed by atoms with Crippen molar-refractivity contribution in [1.29, 1.82) is 0 Å². The summed E-state index contributed by atoms with van der Waals surface area (Å²) < 4.78 is 0. The Kier molecular flexibility index (Phi) is 11.8. The molecule has 3 nitrogen and oxygen atoms in total. The molecular formula is C34H49N3. The maximum absolute atomic E-state index is 4.62. The predicted molar refractivity (Wildman–Crippen MR) is 160 cm³/mol. The van der Waals surface area contributed by atoms with E-state index in [0.717, 1.165) is 39.1 Å². The van der Waals surface area contributed by atoms with E-state index in [1.54, 1.807) is 11.1 Å². The van der Waals surface area contributed by atoms with Crippen LogP contribution in [0.3, 0.4) is 0 Å². The zero-order valence-corrected chi connectivity index (χ0v) is 24.2. The number of hydrogen-bond donors (Lipinski definition) is 1. The van der Waals surface area contributed by atoms with Crippen LogP contribution in [0.2, 0.25) is 0 Å². The van der Waals surface area contributed by atoms with Crippen molar-refractivity contribution in [2.24, 2.45) is 0 Å². The van der Waals surface area contributed by atoms with Gasteiger partial charge in [0, 0.05) is 19.3 Å². The number of aromatic nitrogens is 1. The Morgan fingerprint density at radius 3 is 2.32 bits per heavy atom. The van der Waals surface area contributed by atoms with Crippen LogP contribution in [0.4, 0.5) is 0 Å². The molecule has 3 aromatic rings. The van der Waals surface area contributed by atoms with Crippen molar-refractivity contribution in [3.8, 4) is 11.1 Å². The number of benzene rings is 2. The van der Waals surface area contributed by atoms with Crippen LogP contribution < -0.4 is 5.32 Å². The molecule has 1 unspecified atom stereocenters. The first kappa shape index (κ1) is 29.1. The molecule has 0 spiro atoms. The fourth-order valence-electron chi connectivity index (χ4n) is 5.38. The third kappa shape index (κ3) is 8.25. The lowest BCUT2D eigenvalue weighted by atomic mass is 9.90. The van der Waals surface area contributed by atoms with E-state index in [2.05, 4.69) is 111 Å². The summed E-state index contributed by atoms with van der Waals surface area (Å²) in [4.78, 5) is 7.13. The van der Waals surface area contributed by atoms with Crippen LogP contribution in [-0.4, -0.2) is 29.5 Å². The third-order valence-electron chi connectivity index (χ3n) is 7.50. The second-order valence-electron chi connectivity index (χ2n) is 10.8. The molecular weight excluding hydrogens is 450 g/mol. The van der Waals surface area contributed by atoms with Gasteiger partial charge in [0.15, 0.2) is 0 Å². The lowest BCUT2D eigenvalue weighted by Crippen LogP contribution is -2.25. The average Bonchev–Trinajstić information content (AvgIpc) is 2.93. The Labute approximate surface area is 226 Å². The monoisotopic (exact) mass is 499 g/mol. The van der Waals surface area contributed by atoms with Crippen LogP contribution in [0, 0.1) is 0 Å². The van der Waals surface area contributed by atoms with Crippen LogP contribution in [0.25, 0.3) is 11.1 Å². The summed E-state index contributed by atoms with van der Waals surface area (Å²) in [5.41, 5.74) is 9.90. The largest absolute Gasteiger partial charge is 0.312 e. The number of rotatable bonds is 10. The number of nitrogens with one attached hydrogen (secondary N) is 1. The van der Waals surface area contributed by atoms with Crippen molar-refractivity contribution < 1.29 is 0 Å². The van der Waals surface area contributed by atoms with Crippen molar-refractivity contribution in [3.63, 3.8) is 0 Å². The lowest BCUT2D eigenvalue weighted by molar-refractivity contribution is 0.263. The lowest BCUT2D eigenvalue weighted by Gasteiger charge is -2.21. The van der Waals surface area contributed by atoms with Crippen LogP contribution in [-0.2, 0) is 19.5 Å². The molecule has 4 rings (SSSR count). The van der Waals surface area contributed by atoms with Gasteiger partial charge in [-0.15, -0.1) is 0 Å². The molecule has 1 aromatic heterocycles. The van der Waals surface area contributed by atoms with E-state index in [1.807, 2.05) is 6.20 Å². The van der Waals surface area contributed by atoms with Gasteiger partial charge in [-0.2, -0.15) is 0 Å². The first-order chi connectivity index (χ1) is 18.0. The number of fused-ring (bicyclic) bond motifs is 1. The van der Waals surface area contributed by atoms with E-state index >= 15 is 0 Å². The fourth-order valence-corrected chi connectivity index (χ4v) is 5.38. The second kappa shape index (κ2) is 15.1. The number of pyridine rings is 1. The molecule has 3 heteroatoms. The summed E-state index contributed by atoms with van der Waals surface area (Å²) in [7, 11) is 0. The zero-order chi connectivity index (χ0) is 26.6. The minimum absolute atomic E-state index is 0.578. The number of hydrogen-bond acceptors (Lipinski definition) is 3. The first-order valence-corrected chi connectivity index (χ1v) is 14.6. The van der Waals surface area contributed by atoms with Gasteiger partial charge in [0.1, 0.15) is 0 Å². The van der Waals surface area contributed by atoms with Gasteiger partial charge in [-0.3, -0.25) is 9.88 Å². The highest BCUT2D eigenvalue weighted by Gasteiger charge is 2.14. The van der Waals surface area contributed by atoms with Gasteiger partial charge in [0.05, 0.1) is 5.69 Å². The van der Waals surface area contributed by atoms with Crippen molar-refractivity contribution in [2.45, 2.75) is 92.2 Å². The Morgan fingerprint density at radius 1 is 0.892 bits per heavy atom. The summed E-state index contributed by atoms with van der Waals surface area (Å²) in [6, 6.07) is 19.9. The summed E-state index contributed by atoms with van der Waals surface area (Å²) in [5, 5.41) is 3.41. The highest BCUT2D eigenvalue weighted by atomic mass is 15.1. The normalized spacial score (nSPS) is 13.7. The van der Waals surface area contributed by atoms with E-state index in [0.29, 0.717) is 11.8 Å². The predicted octanol–water partition coefficient (Wildman–Crippen LogP) is 8.34. The quantitative estimate of drug-likeness (QED) is 0.304. The first-order valence-electron chi connectivity index (χ1n) is 14.6. The summed E-state index contributed by atoms with van der Waals surface area (Å²) in [6.45, 7) is 19.0. The van der Waals surface area contributed by atoms with Crippen LogP contribution in [0.5, 0.6) is 0 Å². The third-order valence-corrected chi connectivity index (χ3v) is 7.50. The highest BCUT2D eigenvalue weighted by molar-refractivity contribution is 5.68. The Balaban J connectivity index is 0.000000244. The van der Waals surface area contributed by atoms with Crippen molar-refractivity contribution >= 4 is 0 Å². The molecule has 1 aliphatic rings. The van der Waals surface area contributed by atoms with Crippen molar-refractivity contribution in [2.75, 3.05) is 19.6 Å². The fraction of sp³-hybridized carbons (Fsp3) is 0.500. The van der Waals surface area contributed by atoms with Gasteiger partial charge in [-0.05, 0) is 103 Å². The van der Waals surface area contributed by atoms with Gasteiger partial charge >= 0.3 is 0 Å². The van der Waals surface area contributed by atoms with Crippen molar-refractivity contribution in [1.82, 2.24) is 15.2 Å². The standard InChI is InChI=1S/C22H32N2.C12H17N/c1-5-14-24(15-6-2)17-20-16-19(12-13-23-20)22-11-9-8-10-21(22)18(4)7-3;1-9(2)11-5-3-4-10-8-13-7-6-12(10)11/h8-13,16,18H,5-7,14-15,17H2,1-4H3;3-5,9,13H,6-8H2,1-2H3. The van der Waals surface area contributed by atoms with Gasteiger partial charge in [0.2, 0.25) is 0 Å². The van der Waals surface area contributed by atoms with Crippen LogP contribution in [0.1, 0.15) is 101 Å². The molecule has 200 valence electrons. The highest BCUT2D eigenvalue weighted by Crippen LogP contribution is 2.31. The maximum Gasteiger partial charge on any atom is 0.0550 e. The molecule has 0 saturated heterocycles. The Morgan fingerprint density at radius 2 is 1.62 bits per heavy atom. The Bertz CT molecular complexity index is 1080. The topological polar surface area (TPSA) is 28.2 Å². The summed E-state index contributed by atoms with van der Waals surface area (Å²) >= 11 is 0. The van der Waals surface area contributed by atoms with Gasteiger partial charge in [0.25, 0.3) is 0 Å². The maximum atomic E-state index is 4.62. The molecule has 1 N–H and O–H groups in total. The molecule has 0 aliphatic carbocycles. The molecule has 0 fully saturated rings. The molecule has 2 heterocycles. The molecule has 0 saturated carbocycles.